The quantitative estimate of drug-likeness (QED) is 0.500. The highest BCUT2D eigenvalue weighted by Crippen LogP contribution is 2.44. The van der Waals surface area contributed by atoms with Crippen molar-refractivity contribution in [1.82, 2.24) is 0 Å². The Morgan fingerprint density at radius 3 is 2.52 bits per heavy atom. The summed E-state index contributed by atoms with van der Waals surface area (Å²) in [6, 6.07) is 11.7. The van der Waals surface area contributed by atoms with Crippen LogP contribution in [0.5, 0.6) is 17.2 Å². The van der Waals surface area contributed by atoms with Crippen molar-refractivity contribution in [3.05, 3.63) is 66.2 Å². The van der Waals surface area contributed by atoms with Crippen LogP contribution in [0.1, 0.15) is 20.7 Å². The third-order valence-corrected chi connectivity index (χ3v) is 4.60. The summed E-state index contributed by atoms with van der Waals surface area (Å²) in [4.78, 5) is 24.9. The molecule has 1 aliphatic rings. The van der Waals surface area contributed by atoms with Gasteiger partial charge in [0.05, 0.1) is 5.56 Å². The predicted molar refractivity (Wildman–Crippen MR) is 105 cm³/mol. The fraction of sp³-hybridized carbons (Fsp3) is 0.0909. The van der Waals surface area contributed by atoms with Crippen LogP contribution in [-0.2, 0) is 4.74 Å². The molecular formula is C22H16O7. The molecule has 146 valence electrons. The lowest BCUT2D eigenvalue weighted by Crippen LogP contribution is -2.14. The number of benzene rings is 3. The van der Waals surface area contributed by atoms with E-state index in [1.54, 1.807) is 42.5 Å². The molecule has 4 rings (SSSR count). The molecule has 0 saturated heterocycles. The number of aromatic carboxylic acids is 1. The second-order valence-electron chi connectivity index (χ2n) is 6.28. The molecule has 0 fully saturated rings. The van der Waals surface area contributed by atoms with E-state index in [2.05, 4.69) is 6.58 Å². The molecule has 0 atom stereocenters. The van der Waals surface area contributed by atoms with Crippen LogP contribution in [0.25, 0.3) is 21.9 Å². The van der Waals surface area contributed by atoms with E-state index in [0.717, 1.165) is 0 Å². The lowest BCUT2D eigenvalue weighted by atomic mass is 9.88. The van der Waals surface area contributed by atoms with E-state index in [0.29, 0.717) is 33.4 Å². The third kappa shape index (κ3) is 3.02. The van der Waals surface area contributed by atoms with Gasteiger partial charge in [-0.1, -0.05) is 43.0 Å². The Morgan fingerprint density at radius 2 is 1.79 bits per heavy atom. The zero-order chi connectivity index (χ0) is 20.5. The van der Waals surface area contributed by atoms with Crippen LogP contribution in [-0.4, -0.2) is 35.6 Å². The lowest BCUT2D eigenvalue weighted by Gasteiger charge is -2.17. The van der Waals surface area contributed by atoms with Crippen molar-refractivity contribution in [2.24, 2.45) is 0 Å². The van der Waals surface area contributed by atoms with Gasteiger partial charge in [0, 0.05) is 10.9 Å². The smallest absolute Gasteiger partial charge is 0.340 e. The molecular weight excluding hydrogens is 376 g/mol. The second-order valence-corrected chi connectivity index (χ2v) is 6.28. The normalized spacial score (nSPS) is 12.0. The number of rotatable bonds is 5. The number of carbonyl (C=O) groups is 2. The van der Waals surface area contributed by atoms with Gasteiger partial charge in [0.25, 0.3) is 0 Å². The number of esters is 1. The van der Waals surface area contributed by atoms with Gasteiger partial charge < -0.3 is 24.4 Å². The first-order valence-electron chi connectivity index (χ1n) is 8.72. The minimum atomic E-state index is -1.44. The predicted octanol–water partition coefficient (Wildman–Crippen LogP) is 3.98. The molecule has 1 aliphatic heterocycles. The summed E-state index contributed by atoms with van der Waals surface area (Å²) in [6.45, 7) is 3.47. The molecule has 0 bridgehead atoms. The highest BCUT2D eigenvalue weighted by atomic mass is 16.7. The van der Waals surface area contributed by atoms with E-state index in [4.69, 9.17) is 14.2 Å². The van der Waals surface area contributed by atoms with Gasteiger partial charge in [0.15, 0.2) is 11.5 Å². The number of ether oxygens (including phenoxy) is 3. The number of hydrogen-bond acceptors (Lipinski definition) is 6. The van der Waals surface area contributed by atoms with E-state index in [-0.39, 0.29) is 19.0 Å². The molecule has 3 aromatic rings. The van der Waals surface area contributed by atoms with Crippen LogP contribution in [0.15, 0.2) is 55.1 Å². The lowest BCUT2D eigenvalue weighted by molar-refractivity contribution is 0.0536. The number of carbonyl (C=O) groups excluding carboxylic acids is 1. The highest BCUT2D eigenvalue weighted by Gasteiger charge is 2.30. The Morgan fingerprint density at radius 1 is 1.07 bits per heavy atom. The molecule has 0 unspecified atom stereocenters. The Bertz CT molecular complexity index is 1160. The first-order valence-corrected chi connectivity index (χ1v) is 8.72. The van der Waals surface area contributed by atoms with Crippen LogP contribution in [0, 0.1) is 0 Å². The monoisotopic (exact) mass is 392 g/mol. The van der Waals surface area contributed by atoms with Crippen LogP contribution in [0.4, 0.5) is 0 Å². The Labute approximate surface area is 165 Å². The summed E-state index contributed by atoms with van der Waals surface area (Å²) in [5.41, 5.74) is 0.0847. The Balaban J connectivity index is 2.10. The standard InChI is InChI=1S/C22H16O7/c1-2-9-27-22(26)18-17(12-7-8-15-16(10-12)29-11-28-15)13-5-3-4-6-14(13)20(23)19(18)21(24)25/h2-8,10,23H,1,9,11H2,(H,24,25). The molecule has 1 heterocycles. The van der Waals surface area contributed by atoms with Crippen LogP contribution in [0.2, 0.25) is 0 Å². The Hall–Kier alpha value is -4.00. The largest absolute Gasteiger partial charge is 0.506 e. The average Bonchev–Trinajstić information content (AvgIpc) is 3.19. The number of carboxylic acids is 1. The SMILES string of the molecule is C=CCOC(=O)c1c(C(=O)O)c(O)c2ccccc2c1-c1ccc2c(c1)OCO2. The number of aromatic hydroxyl groups is 1. The number of phenols is 1. The Kier molecular flexibility index (Phi) is 4.56. The first-order chi connectivity index (χ1) is 14.0. The molecule has 0 spiro atoms. The van der Waals surface area contributed by atoms with Crippen molar-refractivity contribution < 1.29 is 34.0 Å². The van der Waals surface area contributed by atoms with Crippen molar-refractivity contribution in [2.45, 2.75) is 0 Å². The molecule has 3 aromatic carbocycles. The van der Waals surface area contributed by atoms with Gasteiger partial charge in [-0.05, 0) is 23.1 Å². The van der Waals surface area contributed by atoms with Gasteiger partial charge in [0.2, 0.25) is 6.79 Å². The fourth-order valence-electron chi connectivity index (χ4n) is 3.39. The van der Waals surface area contributed by atoms with E-state index >= 15 is 0 Å². The van der Waals surface area contributed by atoms with E-state index in [9.17, 15) is 19.8 Å². The van der Waals surface area contributed by atoms with Crippen LogP contribution < -0.4 is 9.47 Å². The number of carboxylic acid groups (broad SMARTS) is 1. The molecule has 0 aliphatic carbocycles. The summed E-state index contributed by atoms with van der Waals surface area (Å²) in [6.07, 6.45) is 1.37. The van der Waals surface area contributed by atoms with Gasteiger partial charge in [-0.25, -0.2) is 9.59 Å². The molecule has 7 heteroatoms. The highest BCUT2D eigenvalue weighted by molar-refractivity contribution is 6.18. The average molecular weight is 392 g/mol. The molecule has 2 N–H and O–H groups in total. The maximum absolute atomic E-state index is 12.9. The van der Waals surface area contributed by atoms with Crippen LogP contribution in [0.3, 0.4) is 0 Å². The van der Waals surface area contributed by atoms with Gasteiger partial charge in [-0.2, -0.15) is 0 Å². The van der Waals surface area contributed by atoms with Gasteiger partial charge in [-0.15, -0.1) is 0 Å². The summed E-state index contributed by atoms with van der Waals surface area (Å²) in [7, 11) is 0. The summed E-state index contributed by atoms with van der Waals surface area (Å²) in [5.74, 6) is -1.80. The van der Waals surface area contributed by atoms with E-state index in [1.807, 2.05) is 0 Å². The molecule has 7 nitrogen and oxygen atoms in total. The summed E-state index contributed by atoms with van der Waals surface area (Å²) < 4.78 is 15.9. The van der Waals surface area contributed by atoms with Crippen molar-refractivity contribution in [3.8, 4) is 28.4 Å². The molecule has 0 saturated carbocycles. The molecule has 0 aromatic heterocycles. The van der Waals surface area contributed by atoms with Gasteiger partial charge >= 0.3 is 11.9 Å². The number of hydrogen-bond donors (Lipinski definition) is 2. The third-order valence-electron chi connectivity index (χ3n) is 4.60. The van der Waals surface area contributed by atoms with Crippen molar-refractivity contribution in [3.63, 3.8) is 0 Å². The molecule has 0 radical (unpaired) electrons. The summed E-state index contributed by atoms with van der Waals surface area (Å²) >= 11 is 0. The van der Waals surface area contributed by atoms with E-state index in [1.165, 1.54) is 6.08 Å². The fourth-order valence-corrected chi connectivity index (χ4v) is 3.39. The van der Waals surface area contributed by atoms with Crippen LogP contribution >= 0.6 is 0 Å². The van der Waals surface area contributed by atoms with E-state index < -0.39 is 23.3 Å². The maximum atomic E-state index is 12.9. The van der Waals surface area contributed by atoms with Crippen molar-refractivity contribution in [2.75, 3.05) is 13.4 Å². The first kappa shape index (κ1) is 18.4. The topological polar surface area (TPSA) is 102 Å². The minimum Gasteiger partial charge on any atom is -0.506 e. The minimum absolute atomic E-state index is 0.0731. The zero-order valence-electron chi connectivity index (χ0n) is 15.2. The molecule has 29 heavy (non-hydrogen) atoms. The second kappa shape index (κ2) is 7.20. The maximum Gasteiger partial charge on any atom is 0.340 e. The van der Waals surface area contributed by atoms with Crippen molar-refractivity contribution >= 4 is 22.7 Å². The van der Waals surface area contributed by atoms with Crippen molar-refractivity contribution in [1.29, 1.82) is 0 Å². The number of fused-ring (bicyclic) bond motifs is 2. The van der Waals surface area contributed by atoms with Gasteiger partial charge in [0.1, 0.15) is 17.9 Å². The molecule has 0 amide bonds. The van der Waals surface area contributed by atoms with Gasteiger partial charge in [-0.3, -0.25) is 0 Å². The summed E-state index contributed by atoms with van der Waals surface area (Å²) in [5, 5.41) is 21.2. The zero-order valence-corrected chi connectivity index (χ0v) is 15.2.